The van der Waals surface area contributed by atoms with E-state index in [2.05, 4.69) is 16.5 Å². The first-order chi connectivity index (χ1) is 13.7. The Morgan fingerprint density at radius 1 is 1.28 bits per heavy atom. The summed E-state index contributed by atoms with van der Waals surface area (Å²) in [5, 5.41) is 10.3. The summed E-state index contributed by atoms with van der Waals surface area (Å²) in [6, 6.07) is 2.43. The molecule has 2 fully saturated rings. The molecule has 1 aromatic heterocycles. The third kappa shape index (κ3) is 4.09. The van der Waals surface area contributed by atoms with Crippen LogP contribution in [0.3, 0.4) is 0 Å². The molecule has 2 saturated carbocycles. The number of aliphatic hydroxyl groups is 1. The van der Waals surface area contributed by atoms with Crippen molar-refractivity contribution >= 4 is 16.8 Å². The standard InChI is InChI=1S/C23H30F2N2O2/c1-22(10-5-11-22)27-20-13-18(25)17(24)12-19(20)26-21(27)7-4-3-6-16(28)14-23(2,29)15-8-9-15/h12-13,15,29H,3-11,14H2,1-2H3/t23-/m1/s1. The maximum Gasteiger partial charge on any atom is 0.161 e. The fourth-order valence-corrected chi connectivity index (χ4v) is 4.75. The molecule has 1 N–H and O–H groups in total. The average molecular weight is 405 g/mol. The molecule has 0 spiro atoms. The zero-order valence-corrected chi connectivity index (χ0v) is 17.3. The van der Waals surface area contributed by atoms with E-state index in [0.717, 1.165) is 50.8 Å². The Labute approximate surface area is 170 Å². The normalized spacial score (nSPS) is 20.4. The Morgan fingerprint density at radius 3 is 2.59 bits per heavy atom. The van der Waals surface area contributed by atoms with Crippen molar-refractivity contribution in [3.8, 4) is 0 Å². The molecular weight excluding hydrogens is 374 g/mol. The second kappa shape index (κ2) is 7.46. The van der Waals surface area contributed by atoms with Gasteiger partial charge in [0.1, 0.15) is 11.6 Å². The van der Waals surface area contributed by atoms with Gasteiger partial charge in [-0.05, 0) is 64.7 Å². The first kappa shape index (κ1) is 20.5. The number of hydrogen-bond donors (Lipinski definition) is 1. The minimum absolute atomic E-state index is 0.102. The van der Waals surface area contributed by atoms with Gasteiger partial charge in [0.15, 0.2) is 11.6 Å². The Bertz CT molecular complexity index is 927. The summed E-state index contributed by atoms with van der Waals surface area (Å²) in [5.74, 6) is -0.507. The lowest BCUT2D eigenvalue weighted by molar-refractivity contribution is -0.124. The number of carbonyl (C=O) groups is 1. The summed E-state index contributed by atoms with van der Waals surface area (Å²) in [6.07, 6.45) is 7.99. The van der Waals surface area contributed by atoms with Crippen molar-refractivity contribution in [2.45, 2.75) is 89.2 Å². The molecule has 158 valence electrons. The summed E-state index contributed by atoms with van der Waals surface area (Å²) in [7, 11) is 0. The summed E-state index contributed by atoms with van der Waals surface area (Å²) in [6.45, 7) is 3.91. The van der Waals surface area contributed by atoms with Crippen LogP contribution in [0.5, 0.6) is 0 Å². The first-order valence-corrected chi connectivity index (χ1v) is 10.8. The van der Waals surface area contributed by atoms with Crippen LogP contribution in [0.1, 0.15) is 77.5 Å². The minimum Gasteiger partial charge on any atom is -0.389 e. The van der Waals surface area contributed by atoms with Crippen LogP contribution in [0.15, 0.2) is 12.1 Å². The van der Waals surface area contributed by atoms with Crippen molar-refractivity contribution in [3.05, 3.63) is 29.6 Å². The van der Waals surface area contributed by atoms with Gasteiger partial charge in [-0.3, -0.25) is 4.79 Å². The van der Waals surface area contributed by atoms with E-state index in [1.54, 1.807) is 6.92 Å². The fraction of sp³-hybridized carbons (Fsp3) is 0.652. The number of carbonyl (C=O) groups excluding carboxylic acids is 1. The van der Waals surface area contributed by atoms with Crippen molar-refractivity contribution in [1.82, 2.24) is 9.55 Å². The number of nitrogens with zero attached hydrogens (tertiary/aromatic N) is 2. The predicted octanol–water partition coefficient (Wildman–Crippen LogP) is 5.05. The van der Waals surface area contributed by atoms with Crippen LogP contribution >= 0.6 is 0 Å². The van der Waals surface area contributed by atoms with Gasteiger partial charge in [0.05, 0.1) is 16.6 Å². The van der Waals surface area contributed by atoms with Gasteiger partial charge in [-0.2, -0.15) is 0 Å². The lowest BCUT2D eigenvalue weighted by Gasteiger charge is -2.41. The lowest BCUT2D eigenvalue weighted by Crippen LogP contribution is -2.38. The van der Waals surface area contributed by atoms with E-state index in [1.807, 2.05) is 0 Å². The van der Waals surface area contributed by atoms with Crippen molar-refractivity contribution in [2.75, 3.05) is 0 Å². The van der Waals surface area contributed by atoms with Gasteiger partial charge in [0.2, 0.25) is 0 Å². The van der Waals surface area contributed by atoms with Gasteiger partial charge in [-0.15, -0.1) is 0 Å². The van der Waals surface area contributed by atoms with Gasteiger partial charge in [0, 0.05) is 36.9 Å². The van der Waals surface area contributed by atoms with Crippen LogP contribution in [0.4, 0.5) is 8.78 Å². The zero-order valence-electron chi connectivity index (χ0n) is 17.3. The van der Waals surface area contributed by atoms with Gasteiger partial charge in [-0.25, -0.2) is 13.8 Å². The number of aromatic nitrogens is 2. The molecule has 1 atom stereocenters. The number of ketones is 1. The van der Waals surface area contributed by atoms with E-state index in [4.69, 9.17) is 0 Å². The van der Waals surface area contributed by atoms with Crippen molar-refractivity contribution in [2.24, 2.45) is 5.92 Å². The summed E-state index contributed by atoms with van der Waals surface area (Å²) in [4.78, 5) is 16.8. The molecule has 6 heteroatoms. The third-order valence-corrected chi connectivity index (χ3v) is 6.85. The predicted molar refractivity (Wildman–Crippen MR) is 108 cm³/mol. The van der Waals surface area contributed by atoms with E-state index >= 15 is 0 Å². The third-order valence-electron chi connectivity index (χ3n) is 6.85. The van der Waals surface area contributed by atoms with Crippen LogP contribution in [0.25, 0.3) is 11.0 Å². The van der Waals surface area contributed by atoms with Crippen LogP contribution in [0, 0.1) is 17.6 Å². The zero-order chi connectivity index (χ0) is 20.8. The first-order valence-electron chi connectivity index (χ1n) is 10.8. The highest BCUT2D eigenvalue weighted by Gasteiger charge is 2.41. The molecule has 0 saturated heterocycles. The number of halogens is 2. The molecule has 2 aromatic rings. The number of aryl methyl sites for hydroxylation is 1. The largest absolute Gasteiger partial charge is 0.389 e. The van der Waals surface area contributed by atoms with E-state index in [1.165, 1.54) is 12.1 Å². The Morgan fingerprint density at radius 2 is 1.97 bits per heavy atom. The number of Topliss-reactive ketones (excluding diaryl/α,β-unsaturated/α-hetero) is 1. The van der Waals surface area contributed by atoms with E-state index in [9.17, 15) is 18.7 Å². The second-order valence-electron chi connectivity index (χ2n) is 9.52. The lowest BCUT2D eigenvalue weighted by atomic mass is 9.78. The molecule has 0 unspecified atom stereocenters. The number of imidazole rings is 1. The monoisotopic (exact) mass is 404 g/mol. The molecular formula is C23H30F2N2O2. The van der Waals surface area contributed by atoms with Crippen LogP contribution in [0.2, 0.25) is 0 Å². The summed E-state index contributed by atoms with van der Waals surface area (Å²) < 4.78 is 29.6. The number of benzene rings is 1. The van der Waals surface area contributed by atoms with Gasteiger partial charge in [-0.1, -0.05) is 0 Å². The highest BCUT2D eigenvalue weighted by Crippen LogP contribution is 2.43. The Kier molecular flexibility index (Phi) is 5.26. The molecule has 2 aliphatic carbocycles. The van der Waals surface area contributed by atoms with Crippen molar-refractivity contribution in [1.29, 1.82) is 0 Å². The Balaban J connectivity index is 1.42. The maximum absolute atomic E-state index is 13.9. The van der Waals surface area contributed by atoms with Gasteiger partial charge >= 0.3 is 0 Å². The Hall–Kier alpha value is -1.82. The fourth-order valence-electron chi connectivity index (χ4n) is 4.75. The van der Waals surface area contributed by atoms with E-state index in [0.29, 0.717) is 23.9 Å². The highest BCUT2D eigenvalue weighted by atomic mass is 19.2. The molecule has 1 aromatic carbocycles. The molecule has 0 bridgehead atoms. The van der Waals surface area contributed by atoms with Crippen LogP contribution in [-0.4, -0.2) is 26.0 Å². The minimum atomic E-state index is -0.874. The van der Waals surface area contributed by atoms with Crippen molar-refractivity contribution in [3.63, 3.8) is 0 Å². The quantitative estimate of drug-likeness (QED) is 0.595. The van der Waals surface area contributed by atoms with Gasteiger partial charge < -0.3 is 9.67 Å². The molecule has 4 rings (SSSR count). The summed E-state index contributed by atoms with van der Waals surface area (Å²) >= 11 is 0. The second-order valence-corrected chi connectivity index (χ2v) is 9.52. The number of fused-ring (bicyclic) bond motifs is 1. The van der Waals surface area contributed by atoms with Crippen LogP contribution < -0.4 is 0 Å². The topological polar surface area (TPSA) is 55.1 Å². The number of unbranched alkanes of at least 4 members (excludes halogenated alkanes) is 1. The van der Waals surface area contributed by atoms with E-state index < -0.39 is 17.2 Å². The van der Waals surface area contributed by atoms with E-state index in [-0.39, 0.29) is 23.7 Å². The molecule has 1 heterocycles. The highest BCUT2D eigenvalue weighted by molar-refractivity contribution is 5.79. The summed E-state index contributed by atoms with van der Waals surface area (Å²) in [5.41, 5.74) is 0.173. The molecule has 0 radical (unpaired) electrons. The maximum atomic E-state index is 13.9. The molecule has 2 aliphatic rings. The average Bonchev–Trinajstić information content (AvgIpc) is 3.42. The SMILES string of the molecule is CC1(n2c(CCCCC(=O)C[C@@](C)(O)C3CC3)nc3cc(F)c(F)cc32)CCC1. The van der Waals surface area contributed by atoms with Gasteiger partial charge in [0.25, 0.3) is 0 Å². The molecule has 4 nitrogen and oxygen atoms in total. The number of rotatable bonds is 9. The molecule has 29 heavy (non-hydrogen) atoms. The van der Waals surface area contributed by atoms with Crippen LogP contribution in [-0.2, 0) is 16.8 Å². The molecule has 0 aliphatic heterocycles. The molecule has 0 amide bonds. The smallest absolute Gasteiger partial charge is 0.161 e. The van der Waals surface area contributed by atoms with Crippen molar-refractivity contribution < 1.29 is 18.7 Å². The number of hydrogen-bond acceptors (Lipinski definition) is 3.